The molecule has 0 aromatic heterocycles. The Morgan fingerprint density at radius 1 is 0.544 bits per heavy atom. The van der Waals surface area contributed by atoms with Gasteiger partial charge in [-0.25, -0.2) is 4.57 Å². The van der Waals surface area contributed by atoms with Crippen molar-refractivity contribution in [3.05, 3.63) is 60.8 Å². The van der Waals surface area contributed by atoms with Crippen molar-refractivity contribution >= 4 is 13.8 Å². The Morgan fingerprint density at radius 3 is 1.49 bits per heavy atom. The molecule has 0 aliphatic heterocycles. The molecular weight excluding hydrogens is 734 g/mol. The Labute approximate surface area is 351 Å². The third-order valence-corrected chi connectivity index (χ3v) is 10.7. The minimum absolute atomic E-state index is 0.0974. The van der Waals surface area contributed by atoms with E-state index in [0.717, 1.165) is 57.8 Å². The summed E-state index contributed by atoms with van der Waals surface area (Å²) in [6, 6.07) is 0. The quantitative estimate of drug-likeness (QED) is 0.0270. The van der Waals surface area contributed by atoms with Crippen LogP contribution in [0.15, 0.2) is 60.8 Å². The molecule has 0 aliphatic carbocycles. The van der Waals surface area contributed by atoms with Crippen LogP contribution in [0.2, 0.25) is 0 Å². The van der Waals surface area contributed by atoms with Crippen LogP contribution in [-0.4, -0.2) is 49.9 Å². The van der Waals surface area contributed by atoms with E-state index in [1.54, 1.807) is 0 Å². The number of rotatable bonds is 44. The second kappa shape index (κ2) is 45.3. The maximum absolute atomic E-state index is 12.6. The number of ether oxygens (including phenoxy) is 2. The number of allylic oxidation sites excluding steroid dienone is 10. The normalized spacial score (nSPS) is 14.0. The summed E-state index contributed by atoms with van der Waals surface area (Å²) >= 11 is 0. The zero-order valence-corrected chi connectivity index (χ0v) is 37.7. The molecule has 0 amide bonds. The highest BCUT2D eigenvalue weighted by atomic mass is 31.2. The molecule has 2 atom stereocenters. The molecule has 2 unspecified atom stereocenters. The largest absolute Gasteiger partial charge is 0.472 e. The fraction of sp³-hybridized carbons (Fsp3) is 0.771. The van der Waals surface area contributed by atoms with Crippen molar-refractivity contribution in [2.75, 3.05) is 33.0 Å². The highest BCUT2D eigenvalue weighted by molar-refractivity contribution is 7.47. The fourth-order valence-corrected chi connectivity index (χ4v) is 7.04. The lowest BCUT2D eigenvalue weighted by atomic mass is 10.0. The topological polar surface area (TPSA) is 117 Å². The van der Waals surface area contributed by atoms with Crippen molar-refractivity contribution in [3.8, 4) is 0 Å². The highest BCUT2D eigenvalue weighted by Crippen LogP contribution is 2.43. The van der Waals surface area contributed by atoms with Crippen LogP contribution in [0.1, 0.15) is 200 Å². The van der Waals surface area contributed by atoms with E-state index in [1.165, 1.54) is 122 Å². The van der Waals surface area contributed by atoms with Crippen molar-refractivity contribution in [2.24, 2.45) is 5.73 Å². The van der Waals surface area contributed by atoms with Crippen LogP contribution < -0.4 is 5.73 Å². The summed E-state index contributed by atoms with van der Waals surface area (Å²) < 4.78 is 33.5. The second-order valence-corrected chi connectivity index (χ2v) is 16.7. The minimum atomic E-state index is -4.28. The van der Waals surface area contributed by atoms with Crippen LogP contribution >= 0.6 is 7.82 Å². The lowest BCUT2D eigenvalue weighted by Crippen LogP contribution is -2.28. The molecule has 0 aromatic carbocycles. The predicted octanol–water partition coefficient (Wildman–Crippen LogP) is 14.1. The Balaban J connectivity index is 3.94. The standard InChI is InChI=1S/C48H88NO7P/c1-3-5-7-9-11-13-15-17-18-19-20-21-22-23-24-25-26-27-28-29-31-33-35-37-39-41-48(50)56-47(46-55-57(51,52)54-44-42-49)45-53-43-40-38-36-34-32-30-16-14-12-10-8-6-4-2/h5,7,11-14,17-18,20-21,47H,3-4,6,8-10,15-16,19,22-46,49H2,1-2H3,(H,51,52)/b7-5-,13-11-,14-12-,18-17-,21-20-. The number of nitrogens with two attached hydrogens (primary N) is 1. The first kappa shape index (κ1) is 55.2. The van der Waals surface area contributed by atoms with Gasteiger partial charge in [0.05, 0.1) is 19.8 Å². The van der Waals surface area contributed by atoms with Gasteiger partial charge in [-0.05, 0) is 77.0 Å². The van der Waals surface area contributed by atoms with Gasteiger partial charge in [0.1, 0.15) is 6.10 Å². The number of carbonyl (C=O) groups excluding carboxylic acids is 1. The van der Waals surface area contributed by atoms with E-state index in [4.69, 9.17) is 24.3 Å². The fourth-order valence-electron chi connectivity index (χ4n) is 6.28. The summed E-state index contributed by atoms with van der Waals surface area (Å²) in [7, 11) is -4.28. The molecule has 8 nitrogen and oxygen atoms in total. The summed E-state index contributed by atoms with van der Waals surface area (Å²) in [6.07, 6.45) is 55.3. The molecule has 9 heteroatoms. The first-order valence-corrected chi connectivity index (χ1v) is 24.8. The summed E-state index contributed by atoms with van der Waals surface area (Å²) in [4.78, 5) is 22.5. The molecule has 0 aromatic rings. The van der Waals surface area contributed by atoms with Gasteiger partial charge in [-0.3, -0.25) is 13.8 Å². The number of unbranched alkanes of at least 4 members (excludes halogenated alkanes) is 21. The van der Waals surface area contributed by atoms with Crippen LogP contribution in [0.25, 0.3) is 0 Å². The average molecular weight is 822 g/mol. The van der Waals surface area contributed by atoms with E-state index >= 15 is 0 Å². The number of hydrogen-bond acceptors (Lipinski definition) is 7. The van der Waals surface area contributed by atoms with E-state index in [9.17, 15) is 14.3 Å². The highest BCUT2D eigenvalue weighted by Gasteiger charge is 2.25. The van der Waals surface area contributed by atoms with Gasteiger partial charge in [-0.2, -0.15) is 0 Å². The van der Waals surface area contributed by atoms with Gasteiger partial charge in [0.2, 0.25) is 0 Å². The molecule has 0 radical (unpaired) electrons. The summed E-state index contributed by atoms with van der Waals surface area (Å²) in [5, 5.41) is 0. The van der Waals surface area contributed by atoms with Gasteiger partial charge >= 0.3 is 13.8 Å². The lowest BCUT2D eigenvalue weighted by molar-refractivity contribution is -0.154. The van der Waals surface area contributed by atoms with Gasteiger partial charge in [0, 0.05) is 19.6 Å². The smallest absolute Gasteiger partial charge is 0.457 e. The van der Waals surface area contributed by atoms with Crippen molar-refractivity contribution in [3.63, 3.8) is 0 Å². The molecule has 0 bridgehead atoms. The Kier molecular flexibility index (Phi) is 43.9. The van der Waals surface area contributed by atoms with Crippen LogP contribution in [0, 0.1) is 0 Å². The Hall–Kier alpha value is -1.80. The monoisotopic (exact) mass is 822 g/mol. The van der Waals surface area contributed by atoms with Gasteiger partial charge in [-0.15, -0.1) is 0 Å². The maximum Gasteiger partial charge on any atom is 0.472 e. The summed E-state index contributed by atoms with van der Waals surface area (Å²) in [5.74, 6) is -0.336. The molecule has 57 heavy (non-hydrogen) atoms. The predicted molar refractivity (Wildman–Crippen MR) is 242 cm³/mol. The maximum atomic E-state index is 12.6. The van der Waals surface area contributed by atoms with Crippen molar-refractivity contribution in [1.82, 2.24) is 0 Å². The van der Waals surface area contributed by atoms with Crippen LogP contribution in [0.5, 0.6) is 0 Å². The summed E-state index contributed by atoms with van der Waals surface area (Å²) in [5.41, 5.74) is 5.37. The van der Waals surface area contributed by atoms with Gasteiger partial charge in [0.25, 0.3) is 0 Å². The number of phosphoric acid groups is 1. The van der Waals surface area contributed by atoms with E-state index in [0.29, 0.717) is 13.0 Å². The number of carbonyl (C=O) groups is 1. The van der Waals surface area contributed by atoms with E-state index < -0.39 is 13.9 Å². The summed E-state index contributed by atoms with van der Waals surface area (Å²) in [6.45, 7) is 4.78. The van der Waals surface area contributed by atoms with Gasteiger partial charge in [0.15, 0.2) is 0 Å². The van der Waals surface area contributed by atoms with Crippen molar-refractivity contribution in [1.29, 1.82) is 0 Å². The number of esters is 1. The van der Waals surface area contributed by atoms with Gasteiger partial charge < -0.3 is 20.1 Å². The number of hydrogen-bond donors (Lipinski definition) is 2. The zero-order valence-electron chi connectivity index (χ0n) is 36.8. The molecule has 332 valence electrons. The van der Waals surface area contributed by atoms with Crippen molar-refractivity contribution < 1.29 is 32.8 Å². The Bertz CT molecular complexity index is 1060. The SMILES string of the molecule is CC/C=C\C/C=C\C/C=C\C/C=C\CCCCCCCCCCCCCCC(=O)OC(COCCCCCCCC/C=C\CCCCC)COP(=O)(O)OCCN. The molecule has 0 aliphatic rings. The van der Waals surface area contributed by atoms with Crippen LogP contribution in [0.3, 0.4) is 0 Å². The molecule has 0 saturated carbocycles. The minimum Gasteiger partial charge on any atom is -0.457 e. The molecule has 0 saturated heterocycles. The van der Waals surface area contributed by atoms with E-state index in [-0.39, 0.29) is 32.3 Å². The average Bonchev–Trinajstić information content (AvgIpc) is 3.20. The first-order chi connectivity index (χ1) is 27.9. The van der Waals surface area contributed by atoms with Gasteiger partial charge in [-0.1, -0.05) is 177 Å². The molecule has 3 N–H and O–H groups in total. The molecule has 0 heterocycles. The molecular formula is C48H88NO7P. The van der Waals surface area contributed by atoms with Crippen molar-refractivity contribution in [2.45, 2.75) is 206 Å². The lowest BCUT2D eigenvalue weighted by Gasteiger charge is -2.20. The Morgan fingerprint density at radius 2 is 0.982 bits per heavy atom. The molecule has 0 fully saturated rings. The van der Waals surface area contributed by atoms with E-state index in [2.05, 4.69) is 74.6 Å². The third kappa shape index (κ3) is 45.1. The van der Waals surface area contributed by atoms with Crippen LogP contribution in [-0.2, 0) is 27.9 Å². The second-order valence-electron chi connectivity index (χ2n) is 15.2. The van der Waals surface area contributed by atoms with Crippen LogP contribution in [0.4, 0.5) is 0 Å². The number of phosphoric ester groups is 1. The third-order valence-electron chi connectivity index (χ3n) is 9.67. The van der Waals surface area contributed by atoms with E-state index in [1.807, 2.05) is 0 Å². The zero-order chi connectivity index (χ0) is 41.6. The first-order valence-electron chi connectivity index (χ1n) is 23.3. The molecule has 0 rings (SSSR count). The molecule has 0 spiro atoms.